The fourth-order valence-corrected chi connectivity index (χ4v) is 4.85. The molecular formula is C23H27N3O4S. The van der Waals surface area contributed by atoms with Gasteiger partial charge < -0.3 is 4.90 Å². The summed E-state index contributed by atoms with van der Waals surface area (Å²) in [5, 5.41) is 0.524. The molecule has 0 aliphatic rings. The summed E-state index contributed by atoms with van der Waals surface area (Å²) in [5.41, 5.74) is 1.52. The largest absolute Gasteiger partial charge is 0.335 e. The smallest absolute Gasteiger partial charge is 0.265 e. The lowest BCUT2D eigenvalue weighted by atomic mass is 10.1. The number of para-hydroxylation sites is 1. The highest BCUT2D eigenvalue weighted by molar-refractivity contribution is 7.91. The number of carbonyl (C=O) groups is 1. The van der Waals surface area contributed by atoms with Gasteiger partial charge in [-0.25, -0.2) is 13.4 Å². The molecule has 0 saturated carbocycles. The topological polar surface area (TPSA) is 89.3 Å². The Morgan fingerprint density at radius 2 is 1.74 bits per heavy atom. The molecule has 1 heterocycles. The van der Waals surface area contributed by atoms with E-state index >= 15 is 0 Å². The number of hydrogen-bond acceptors (Lipinski definition) is 5. The Balaban J connectivity index is 1.92. The molecule has 31 heavy (non-hydrogen) atoms. The van der Waals surface area contributed by atoms with Crippen molar-refractivity contribution >= 4 is 26.6 Å². The second-order valence-electron chi connectivity index (χ2n) is 7.50. The van der Waals surface area contributed by atoms with Crippen LogP contribution in [0, 0.1) is 6.92 Å². The number of benzene rings is 2. The Morgan fingerprint density at radius 3 is 2.35 bits per heavy atom. The minimum atomic E-state index is -3.20. The van der Waals surface area contributed by atoms with Crippen LogP contribution in [0.15, 0.2) is 53.3 Å². The maximum Gasteiger partial charge on any atom is 0.265 e. The summed E-state index contributed by atoms with van der Waals surface area (Å²) in [5.74, 6) is 0.286. The second kappa shape index (κ2) is 9.01. The van der Waals surface area contributed by atoms with Crippen LogP contribution in [0.2, 0.25) is 0 Å². The van der Waals surface area contributed by atoms with Gasteiger partial charge in [0.05, 0.1) is 22.3 Å². The van der Waals surface area contributed by atoms with Crippen molar-refractivity contribution in [3.05, 3.63) is 70.3 Å². The molecule has 0 aliphatic carbocycles. The van der Waals surface area contributed by atoms with Crippen LogP contribution in [0.25, 0.3) is 16.6 Å². The molecule has 0 spiro atoms. The molecule has 0 N–H and O–H groups in total. The van der Waals surface area contributed by atoms with E-state index in [0.717, 1.165) is 0 Å². The van der Waals surface area contributed by atoms with Gasteiger partial charge in [-0.15, -0.1) is 0 Å². The van der Waals surface area contributed by atoms with Crippen LogP contribution in [-0.4, -0.2) is 52.9 Å². The van der Waals surface area contributed by atoms with Crippen LogP contribution in [-0.2, 0) is 9.84 Å². The first kappa shape index (κ1) is 22.7. The van der Waals surface area contributed by atoms with Crippen molar-refractivity contribution in [3.8, 4) is 5.69 Å². The summed E-state index contributed by atoms with van der Waals surface area (Å²) in [6, 6.07) is 13.5. The van der Waals surface area contributed by atoms with Crippen molar-refractivity contribution in [2.75, 3.05) is 18.1 Å². The molecule has 1 aromatic heterocycles. The molecule has 0 radical (unpaired) electrons. The Hall–Kier alpha value is -3.00. The van der Waals surface area contributed by atoms with Crippen LogP contribution in [0.4, 0.5) is 0 Å². The van der Waals surface area contributed by atoms with E-state index in [1.807, 2.05) is 13.0 Å². The van der Waals surface area contributed by atoms with Gasteiger partial charge >= 0.3 is 0 Å². The minimum absolute atomic E-state index is 0.0473. The van der Waals surface area contributed by atoms with E-state index in [1.165, 1.54) is 4.57 Å². The Bertz CT molecular complexity index is 1260. The van der Waals surface area contributed by atoms with Crippen molar-refractivity contribution in [1.29, 1.82) is 0 Å². The van der Waals surface area contributed by atoms with E-state index in [4.69, 9.17) is 0 Å². The van der Waals surface area contributed by atoms with Crippen molar-refractivity contribution in [1.82, 2.24) is 14.5 Å². The maximum absolute atomic E-state index is 13.0. The third kappa shape index (κ3) is 4.69. The van der Waals surface area contributed by atoms with Gasteiger partial charge in [0.1, 0.15) is 5.82 Å². The molecule has 164 valence electrons. The molecule has 8 heteroatoms. The number of sulfone groups is 1. The highest BCUT2D eigenvalue weighted by Crippen LogP contribution is 2.16. The van der Waals surface area contributed by atoms with Gasteiger partial charge in [-0.05, 0) is 57.2 Å². The third-order valence-corrected chi connectivity index (χ3v) is 7.25. The molecule has 0 fully saturated rings. The summed E-state index contributed by atoms with van der Waals surface area (Å²) in [6.45, 7) is 7.33. The van der Waals surface area contributed by atoms with Gasteiger partial charge in [0.15, 0.2) is 9.84 Å². The number of hydrogen-bond donors (Lipinski definition) is 0. The van der Waals surface area contributed by atoms with Crippen LogP contribution in [0.3, 0.4) is 0 Å². The first-order chi connectivity index (χ1) is 14.7. The lowest BCUT2D eigenvalue weighted by molar-refractivity contribution is 0.0719. The first-order valence-electron chi connectivity index (χ1n) is 10.3. The van der Waals surface area contributed by atoms with E-state index < -0.39 is 15.9 Å². The highest BCUT2D eigenvalue weighted by Gasteiger charge is 2.24. The standard InChI is InChI=1S/C23H27N3O4S/c1-5-25(16(3)15-31(29,30)6-2)22(27)18-11-13-19(14-12-18)26-17(4)24-21-10-8-7-9-20(21)23(26)28/h7-14,16H,5-6,15H2,1-4H3. The molecule has 0 aliphatic heterocycles. The van der Waals surface area contributed by atoms with Crippen LogP contribution >= 0.6 is 0 Å². The summed E-state index contributed by atoms with van der Waals surface area (Å²) in [4.78, 5) is 32.0. The van der Waals surface area contributed by atoms with Gasteiger partial charge in [0, 0.05) is 23.9 Å². The molecular weight excluding hydrogens is 414 g/mol. The predicted molar refractivity (Wildman–Crippen MR) is 123 cm³/mol. The normalized spacial score (nSPS) is 12.6. The van der Waals surface area contributed by atoms with E-state index in [2.05, 4.69) is 4.98 Å². The van der Waals surface area contributed by atoms with Gasteiger partial charge in [0.25, 0.3) is 11.5 Å². The Morgan fingerprint density at radius 1 is 1.10 bits per heavy atom. The molecule has 0 bridgehead atoms. The summed E-state index contributed by atoms with van der Waals surface area (Å²) >= 11 is 0. The van der Waals surface area contributed by atoms with Crippen molar-refractivity contribution in [3.63, 3.8) is 0 Å². The lowest BCUT2D eigenvalue weighted by Crippen LogP contribution is -2.42. The summed E-state index contributed by atoms with van der Waals surface area (Å²) in [6.07, 6.45) is 0. The van der Waals surface area contributed by atoms with Gasteiger partial charge in [-0.1, -0.05) is 19.1 Å². The van der Waals surface area contributed by atoms with Gasteiger partial charge in [0.2, 0.25) is 0 Å². The van der Waals surface area contributed by atoms with Crippen molar-refractivity contribution in [2.45, 2.75) is 33.7 Å². The number of carbonyl (C=O) groups excluding carboxylic acids is 1. The Kier molecular flexibility index (Phi) is 6.59. The molecule has 3 aromatic rings. The molecule has 1 unspecified atom stereocenters. The first-order valence-corrected chi connectivity index (χ1v) is 12.1. The van der Waals surface area contributed by atoms with Crippen LogP contribution < -0.4 is 5.56 Å². The number of aromatic nitrogens is 2. The van der Waals surface area contributed by atoms with Crippen LogP contribution in [0.1, 0.15) is 37.0 Å². The molecule has 1 atom stereocenters. The third-order valence-electron chi connectivity index (χ3n) is 5.38. The van der Waals surface area contributed by atoms with Crippen molar-refractivity contribution in [2.24, 2.45) is 0 Å². The fourth-order valence-electron chi connectivity index (χ4n) is 3.70. The molecule has 1 amide bonds. The summed E-state index contributed by atoms with van der Waals surface area (Å²) in [7, 11) is -3.20. The zero-order valence-electron chi connectivity index (χ0n) is 18.2. The molecule has 2 aromatic carbocycles. The van der Waals surface area contributed by atoms with E-state index in [9.17, 15) is 18.0 Å². The number of fused-ring (bicyclic) bond motifs is 1. The molecule has 0 saturated heterocycles. The number of rotatable bonds is 7. The highest BCUT2D eigenvalue weighted by atomic mass is 32.2. The van der Waals surface area contributed by atoms with E-state index in [-0.39, 0.29) is 23.0 Å². The second-order valence-corrected chi connectivity index (χ2v) is 9.90. The Labute approximate surface area is 182 Å². The fraction of sp³-hybridized carbons (Fsp3) is 0.348. The summed E-state index contributed by atoms with van der Waals surface area (Å²) < 4.78 is 25.5. The van der Waals surface area contributed by atoms with Crippen LogP contribution in [0.5, 0.6) is 0 Å². The minimum Gasteiger partial charge on any atom is -0.335 e. The average molecular weight is 442 g/mol. The van der Waals surface area contributed by atoms with Crippen molar-refractivity contribution < 1.29 is 13.2 Å². The monoisotopic (exact) mass is 441 g/mol. The quantitative estimate of drug-likeness (QED) is 0.562. The zero-order chi connectivity index (χ0) is 22.8. The average Bonchev–Trinajstić information content (AvgIpc) is 2.74. The van der Waals surface area contributed by atoms with Gasteiger partial charge in [-0.2, -0.15) is 0 Å². The number of aryl methyl sites for hydroxylation is 1. The lowest BCUT2D eigenvalue weighted by Gasteiger charge is -2.28. The van der Waals surface area contributed by atoms with Gasteiger partial charge in [-0.3, -0.25) is 14.2 Å². The zero-order valence-corrected chi connectivity index (χ0v) is 19.0. The number of nitrogens with zero attached hydrogens (tertiary/aromatic N) is 3. The van der Waals surface area contributed by atoms with E-state index in [0.29, 0.717) is 34.5 Å². The maximum atomic E-state index is 13.0. The van der Waals surface area contributed by atoms with E-state index in [1.54, 1.807) is 68.1 Å². The molecule has 7 nitrogen and oxygen atoms in total. The SMILES string of the molecule is CCN(C(=O)c1ccc(-n2c(C)nc3ccccc3c2=O)cc1)C(C)CS(=O)(=O)CC. The number of amides is 1. The predicted octanol–water partition coefficient (Wildman–Crippen LogP) is 2.98. The molecule has 3 rings (SSSR count).